The minimum absolute atomic E-state index is 0.0427. The molecule has 4 heterocycles. The van der Waals surface area contributed by atoms with Gasteiger partial charge >= 0.3 is 5.97 Å². The predicted molar refractivity (Wildman–Crippen MR) is 229 cm³/mol. The number of carbonyl (C=O) groups excluding carboxylic acids is 2. The van der Waals surface area contributed by atoms with Gasteiger partial charge in [-0.25, -0.2) is 0 Å². The molecule has 3 saturated heterocycles. The fraction of sp³-hybridized carbons (Fsp3) is 0.870. The van der Waals surface area contributed by atoms with E-state index in [1.165, 1.54) is 20.6 Å². The molecular weight excluding hydrogens is 789 g/mol. The number of ketones is 1. The van der Waals surface area contributed by atoms with Crippen LogP contribution >= 0.6 is 0 Å². The number of ether oxygens (including phenoxy) is 7. The van der Waals surface area contributed by atoms with Gasteiger partial charge in [0, 0.05) is 45.1 Å². The Balaban J connectivity index is 1.68. The van der Waals surface area contributed by atoms with Gasteiger partial charge in [-0.3, -0.25) is 9.59 Å². The van der Waals surface area contributed by atoms with Gasteiger partial charge in [-0.2, -0.15) is 0 Å². The molecule has 0 radical (unpaired) electrons. The lowest BCUT2D eigenvalue weighted by Crippen LogP contribution is -2.63. The van der Waals surface area contributed by atoms with E-state index in [1.807, 2.05) is 33.8 Å². The predicted octanol–water partition coefficient (Wildman–Crippen LogP) is 3.34. The fourth-order valence-electron chi connectivity index (χ4n) is 10.0. The molecule has 19 atom stereocenters. The van der Waals surface area contributed by atoms with E-state index in [2.05, 4.69) is 18.7 Å². The van der Waals surface area contributed by atoms with Gasteiger partial charge in [0.05, 0.1) is 49.6 Å². The number of cyclic esters (lactones) is 1. The van der Waals surface area contributed by atoms with Crippen LogP contribution in [-0.4, -0.2) is 176 Å². The number of esters is 1. The Morgan fingerprint density at radius 3 is 2.05 bits per heavy atom. The lowest BCUT2D eigenvalue weighted by molar-refractivity contribution is -0.304. The number of likely N-dealkylation sites (tertiary alicyclic amines) is 1. The molecule has 0 unspecified atom stereocenters. The van der Waals surface area contributed by atoms with Gasteiger partial charge in [0.1, 0.15) is 30.5 Å². The van der Waals surface area contributed by atoms with Gasteiger partial charge in [0.15, 0.2) is 18.4 Å². The number of hydrogen-bond acceptors (Lipinski definition) is 15. The van der Waals surface area contributed by atoms with Crippen LogP contribution in [0.15, 0.2) is 23.8 Å². The van der Waals surface area contributed by atoms with Gasteiger partial charge in [0.2, 0.25) is 0 Å². The number of methoxy groups -OCH3 is 2. The van der Waals surface area contributed by atoms with E-state index < -0.39 is 103 Å². The highest BCUT2D eigenvalue weighted by atomic mass is 16.7. The molecule has 0 aromatic heterocycles. The molecule has 0 aromatic carbocycles. The number of piperidine rings is 1. The van der Waals surface area contributed by atoms with Crippen molar-refractivity contribution in [3.63, 3.8) is 0 Å². The second-order valence-corrected chi connectivity index (χ2v) is 18.9. The van der Waals surface area contributed by atoms with Crippen molar-refractivity contribution < 1.29 is 63.2 Å². The zero-order valence-corrected chi connectivity index (χ0v) is 38.9. The minimum Gasteiger partial charge on any atom is -0.462 e. The molecule has 4 aliphatic rings. The monoisotopic (exact) mass is 869 g/mol. The van der Waals surface area contributed by atoms with Crippen LogP contribution in [0.4, 0.5) is 0 Å². The summed E-state index contributed by atoms with van der Waals surface area (Å²) in [5, 5.41) is 45.3. The molecule has 4 rings (SSSR count). The van der Waals surface area contributed by atoms with Crippen molar-refractivity contribution in [3.8, 4) is 0 Å². The van der Waals surface area contributed by atoms with Crippen molar-refractivity contribution >= 4 is 11.8 Å². The largest absolute Gasteiger partial charge is 0.462 e. The Labute approximate surface area is 365 Å². The van der Waals surface area contributed by atoms with Crippen LogP contribution < -0.4 is 0 Å². The first-order chi connectivity index (χ1) is 28.8. The third-order valence-electron chi connectivity index (χ3n) is 13.5. The smallest absolute Gasteiger partial charge is 0.308 e. The number of allylic oxidation sites excluding steroid dienone is 3. The lowest BCUT2D eigenvalue weighted by Gasteiger charge is -2.47. The molecule has 0 aromatic rings. The number of nitrogens with zero attached hydrogens (tertiary/aromatic N) is 2. The number of aliphatic hydroxyl groups excluding tert-OH is 4. The Morgan fingerprint density at radius 2 is 1.44 bits per heavy atom. The van der Waals surface area contributed by atoms with E-state index in [9.17, 15) is 30.0 Å². The highest BCUT2D eigenvalue weighted by molar-refractivity contribution is 5.91. The summed E-state index contributed by atoms with van der Waals surface area (Å²) in [6.07, 6.45) is -2.96. The molecule has 0 spiro atoms. The minimum atomic E-state index is -1.23. The molecular formula is C46H80N2O13. The molecule has 4 N–H and O–H groups in total. The molecule has 15 heteroatoms. The third-order valence-corrected chi connectivity index (χ3v) is 13.5. The van der Waals surface area contributed by atoms with Crippen molar-refractivity contribution in [1.82, 2.24) is 9.80 Å². The topological polar surface area (TPSA) is 186 Å². The first-order valence-corrected chi connectivity index (χ1v) is 22.6. The Hall–Kier alpha value is -1.86. The van der Waals surface area contributed by atoms with E-state index in [0.29, 0.717) is 31.1 Å². The van der Waals surface area contributed by atoms with Crippen molar-refractivity contribution in [3.05, 3.63) is 23.8 Å². The van der Waals surface area contributed by atoms with E-state index in [4.69, 9.17) is 33.2 Å². The fourth-order valence-corrected chi connectivity index (χ4v) is 10.0. The molecule has 0 bridgehead atoms. The summed E-state index contributed by atoms with van der Waals surface area (Å²) in [6, 6.07) is -0.684. The number of hydrogen-bond donors (Lipinski definition) is 4. The number of carbonyl (C=O) groups is 2. The maximum Gasteiger partial charge on any atom is 0.308 e. The molecule has 0 aliphatic carbocycles. The summed E-state index contributed by atoms with van der Waals surface area (Å²) in [4.78, 5) is 32.1. The molecule has 3 fully saturated rings. The molecule has 4 aliphatic heterocycles. The number of likely N-dealkylation sites (N-methyl/N-ethyl adjacent to an activating group) is 1. The average Bonchev–Trinajstić information content (AvgIpc) is 3.19. The lowest BCUT2D eigenvalue weighted by atomic mass is 9.79. The van der Waals surface area contributed by atoms with E-state index in [0.717, 1.165) is 25.2 Å². The van der Waals surface area contributed by atoms with E-state index >= 15 is 0 Å². The molecule has 61 heavy (non-hydrogen) atoms. The van der Waals surface area contributed by atoms with Gasteiger partial charge < -0.3 is 63.4 Å². The van der Waals surface area contributed by atoms with Crippen LogP contribution in [0.2, 0.25) is 0 Å². The second kappa shape index (κ2) is 23.9. The van der Waals surface area contributed by atoms with Gasteiger partial charge in [0.25, 0.3) is 0 Å². The van der Waals surface area contributed by atoms with Crippen molar-refractivity contribution in [2.45, 2.75) is 167 Å². The van der Waals surface area contributed by atoms with Crippen LogP contribution in [-0.2, 0) is 42.7 Å². The summed E-state index contributed by atoms with van der Waals surface area (Å²) in [5.41, 5.74) is 0.761. The van der Waals surface area contributed by atoms with E-state index in [1.54, 1.807) is 45.0 Å². The molecule has 15 nitrogen and oxygen atoms in total. The van der Waals surface area contributed by atoms with Crippen LogP contribution in [0.5, 0.6) is 0 Å². The van der Waals surface area contributed by atoms with Crippen LogP contribution in [0.1, 0.15) is 87.5 Å². The first-order valence-electron chi connectivity index (χ1n) is 22.6. The highest BCUT2D eigenvalue weighted by Gasteiger charge is 2.48. The average molecular weight is 869 g/mol. The van der Waals surface area contributed by atoms with Gasteiger partial charge in [-0.1, -0.05) is 52.3 Å². The molecule has 0 saturated carbocycles. The number of aliphatic hydroxyl groups is 4. The van der Waals surface area contributed by atoms with Gasteiger partial charge in [-0.15, -0.1) is 0 Å². The molecule has 0 amide bonds. The van der Waals surface area contributed by atoms with Crippen molar-refractivity contribution in [2.75, 3.05) is 54.6 Å². The van der Waals surface area contributed by atoms with Crippen molar-refractivity contribution in [2.24, 2.45) is 35.5 Å². The maximum absolute atomic E-state index is 14.0. The SMILES string of the molecule is CC[C@@H]1OC(=O)C[C@@H](O)[C@H](C)[C@@H](O[C@@H]2O[C@H](C)[C@@H](O)[C@H](N(C)C)[C@H]2O)[C@@H](CCN2C[C@H](C)C[C@H](C)C2)C[C@@H](C)C(=O)C=CC(C)=C[C@@H]1CO[C@@H]1O[C@H](C)[C@@H](O)[C@@H](OC)[C@H]1OC. The standard InChI is InChI=1S/C46H80N2O13/c1-13-36-33(24-57-46-44(56-12)43(55-11)40(53)31(8)59-46)19-25(2)14-15-34(49)28(5)20-32(16-17-48-22-26(3)18-27(4)23-48)42(29(6)35(50)21-37(51)60-36)61-45-41(54)38(47(9)10)39(52)30(7)58-45/h14-15,19,26-33,35-36,38-46,50,52-54H,13,16-18,20-24H2,1-12H3/t26-,27+,28-,29+,30-,31-,32+,33-,35-,36+,38+,39-,40-,41-,42-,43-,44-,45+,46-/m1/s1. The first kappa shape index (κ1) is 51.8. The van der Waals surface area contributed by atoms with Gasteiger partial charge in [-0.05, 0) is 90.9 Å². The van der Waals surface area contributed by atoms with E-state index in [-0.39, 0.29) is 24.7 Å². The Kier molecular flexibility index (Phi) is 20.3. The van der Waals surface area contributed by atoms with Crippen molar-refractivity contribution in [1.29, 1.82) is 0 Å². The molecule has 352 valence electrons. The van der Waals surface area contributed by atoms with Crippen LogP contribution in [0, 0.1) is 35.5 Å². The zero-order chi connectivity index (χ0) is 45.3. The number of rotatable bonds is 12. The summed E-state index contributed by atoms with van der Waals surface area (Å²) in [6.45, 7) is 18.2. The van der Waals surface area contributed by atoms with Crippen LogP contribution in [0.25, 0.3) is 0 Å². The highest BCUT2D eigenvalue weighted by Crippen LogP contribution is 2.36. The Bertz CT molecular complexity index is 1420. The summed E-state index contributed by atoms with van der Waals surface area (Å²) in [7, 11) is 6.54. The normalized spacial score (nSPS) is 43.0. The zero-order valence-electron chi connectivity index (χ0n) is 38.9. The summed E-state index contributed by atoms with van der Waals surface area (Å²) >= 11 is 0. The Morgan fingerprint density at radius 1 is 0.820 bits per heavy atom. The maximum atomic E-state index is 14.0. The summed E-state index contributed by atoms with van der Waals surface area (Å²) in [5.74, 6) is -1.46. The quantitative estimate of drug-likeness (QED) is 0.209. The second-order valence-electron chi connectivity index (χ2n) is 18.9. The summed E-state index contributed by atoms with van der Waals surface area (Å²) < 4.78 is 42.6. The third kappa shape index (κ3) is 13.8. The van der Waals surface area contributed by atoms with Crippen LogP contribution in [0.3, 0.4) is 0 Å².